The van der Waals surface area contributed by atoms with Gasteiger partial charge in [-0.05, 0) is 63.2 Å². The van der Waals surface area contributed by atoms with E-state index in [1.165, 1.54) is 6.08 Å². The Morgan fingerprint density at radius 1 is 1.22 bits per heavy atom. The van der Waals surface area contributed by atoms with Crippen molar-refractivity contribution in [3.05, 3.63) is 35.9 Å². The fourth-order valence-corrected chi connectivity index (χ4v) is 6.07. The van der Waals surface area contributed by atoms with Crippen LogP contribution in [0.15, 0.2) is 30.2 Å². The molecule has 37 heavy (non-hydrogen) atoms. The molecule has 1 aliphatic carbocycles. The summed E-state index contributed by atoms with van der Waals surface area (Å²) in [5.74, 6) is -2.30. The van der Waals surface area contributed by atoms with Gasteiger partial charge in [-0.15, -0.1) is 0 Å². The molecule has 0 amide bonds. The molecule has 8 heteroatoms. The summed E-state index contributed by atoms with van der Waals surface area (Å²) in [6, 6.07) is 5.13. The zero-order valence-corrected chi connectivity index (χ0v) is 22.1. The van der Waals surface area contributed by atoms with Crippen LogP contribution in [0.25, 0.3) is 6.08 Å². The number of hydrogen-bond acceptors (Lipinski definition) is 7. The fraction of sp³-hybridized carbons (Fsp3) is 0.690. The molecule has 2 unspecified atom stereocenters. The molecule has 3 heterocycles. The number of rotatable bonds is 3. The Morgan fingerprint density at radius 3 is 2.59 bits per heavy atom. The minimum Gasteiger partial charge on any atom is -0.455 e. The topological polar surface area (TPSA) is 109 Å². The summed E-state index contributed by atoms with van der Waals surface area (Å²) in [4.78, 5) is 30.7. The van der Waals surface area contributed by atoms with Crippen LogP contribution < -0.4 is 0 Å². The molecule has 204 valence electrons. The number of carbonyl (C=O) groups excluding carboxylic acids is 2. The van der Waals surface area contributed by atoms with Crippen molar-refractivity contribution >= 4 is 17.8 Å². The molecule has 1 aromatic rings. The number of ketones is 1. The summed E-state index contributed by atoms with van der Waals surface area (Å²) in [6.07, 6.45) is 3.36. The number of Topliss-reactive ketones (excluding diaryl/α,β-unsaturated/α-hetero) is 1. The molecule has 3 aliphatic rings. The summed E-state index contributed by atoms with van der Waals surface area (Å²) >= 11 is 0. The zero-order valence-electron chi connectivity index (χ0n) is 22.1. The number of hydrogen-bond donors (Lipinski definition) is 2. The molecule has 0 aromatic carbocycles. The quantitative estimate of drug-likeness (QED) is 0.447. The van der Waals surface area contributed by atoms with E-state index in [0.717, 1.165) is 19.3 Å². The van der Waals surface area contributed by atoms with Crippen LogP contribution in [-0.4, -0.2) is 57.0 Å². The fourth-order valence-electron chi connectivity index (χ4n) is 6.07. The first kappa shape index (κ1) is 27.9. The van der Waals surface area contributed by atoms with Crippen molar-refractivity contribution in [1.29, 1.82) is 0 Å². The maximum atomic E-state index is 15.4. The Kier molecular flexibility index (Phi) is 8.51. The third-order valence-electron chi connectivity index (χ3n) is 8.86. The van der Waals surface area contributed by atoms with Crippen LogP contribution in [0.1, 0.15) is 84.3 Å². The molecule has 1 aromatic heterocycles. The number of aliphatic hydroxyl groups excluding tert-OH is 2. The normalized spacial score (nSPS) is 37.4. The molecule has 7 atom stereocenters. The van der Waals surface area contributed by atoms with E-state index in [9.17, 15) is 19.8 Å². The number of epoxide rings is 1. The van der Waals surface area contributed by atoms with Crippen molar-refractivity contribution in [2.24, 2.45) is 17.3 Å². The predicted octanol–water partition coefficient (Wildman–Crippen LogP) is 4.55. The van der Waals surface area contributed by atoms with E-state index in [4.69, 9.17) is 9.47 Å². The zero-order chi connectivity index (χ0) is 26.8. The molecule has 1 spiro atoms. The summed E-state index contributed by atoms with van der Waals surface area (Å²) in [5, 5.41) is 22.2. The summed E-state index contributed by atoms with van der Waals surface area (Å²) < 4.78 is 26.9. The third-order valence-corrected chi connectivity index (χ3v) is 8.86. The number of carbonyl (C=O) groups is 2. The molecule has 2 N–H and O–H groups in total. The molecule has 0 radical (unpaired) electrons. The summed E-state index contributed by atoms with van der Waals surface area (Å²) in [6.45, 7) is 5.78. The van der Waals surface area contributed by atoms with E-state index in [0.29, 0.717) is 31.4 Å². The van der Waals surface area contributed by atoms with Gasteiger partial charge in [0.2, 0.25) is 0 Å². The highest BCUT2D eigenvalue weighted by molar-refractivity contribution is 5.89. The minimum atomic E-state index is -1.25. The predicted molar refractivity (Wildman–Crippen MR) is 136 cm³/mol. The molecule has 4 rings (SSSR count). The van der Waals surface area contributed by atoms with Crippen molar-refractivity contribution in [3.63, 3.8) is 0 Å². The lowest BCUT2D eigenvalue weighted by Gasteiger charge is -2.46. The molecule has 3 fully saturated rings. The Hall–Kier alpha value is -2.16. The van der Waals surface area contributed by atoms with Crippen molar-refractivity contribution in [3.8, 4) is 0 Å². The van der Waals surface area contributed by atoms with E-state index in [-0.39, 0.29) is 24.2 Å². The van der Waals surface area contributed by atoms with Gasteiger partial charge in [0.15, 0.2) is 6.10 Å². The van der Waals surface area contributed by atoms with Gasteiger partial charge in [0.05, 0.1) is 41.4 Å². The first-order chi connectivity index (χ1) is 17.6. The van der Waals surface area contributed by atoms with Gasteiger partial charge in [-0.3, -0.25) is 14.6 Å². The summed E-state index contributed by atoms with van der Waals surface area (Å²) in [7, 11) is 0. The SMILES string of the molecule is CC[C@@H]1C(=O)C2(CCC2)[C@@H](O)CC(=O)O[C@H](C(F)=Cc2ccccn2)CC2OC2(C)CCC[C@H](C)[C@@H]1O. The van der Waals surface area contributed by atoms with Gasteiger partial charge in [-0.25, -0.2) is 4.39 Å². The third kappa shape index (κ3) is 5.96. The maximum absolute atomic E-state index is 15.4. The number of cyclic esters (lactones) is 1. The highest BCUT2D eigenvalue weighted by atomic mass is 19.1. The smallest absolute Gasteiger partial charge is 0.309 e. The van der Waals surface area contributed by atoms with Gasteiger partial charge in [-0.2, -0.15) is 0 Å². The molecule has 2 aliphatic heterocycles. The number of aromatic nitrogens is 1. The first-order valence-corrected chi connectivity index (χ1v) is 13.7. The lowest BCUT2D eigenvalue weighted by atomic mass is 9.58. The molecule has 0 bridgehead atoms. The molecular formula is C29H40FNO6. The Morgan fingerprint density at radius 2 is 1.97 bits per heavy atom. The van der Waals surface area contributed by atoms with E-state index in [1.807, 2.05) is 20.8 Å². The molecule has 2 saturated heterocycles. The van der Waals surface area contributed by atoms with Gasteiger partial charge in [-0.1, -0.05) is 32.8 Å². The summed E-state index contributed by atoms with van der Waals surface area (Å²) in [5.41, 5.74) is -1.14. The lowest BCUT2D eigenvalue weighted by molar-refractivity contribution is -0.162. The molecular weight excluding hydrogens is 477 g/mol. The van der Waals surface area contributed by atoms with Gasteiger partial charge in [0.25, 0.3) is 0 Å². The second-order valence-corrected chi connectivity index (χ2v) is 11.4. The Balaban J connectivity index is 1.60. The van der Waals surface area contributed by atoms with Crippen molar-refractivity contribution < 1.29 is 33.7 Å². The van der Waals surface area contributed by atoms with Crippen LogP contribution >= 0.6 is 0 Å². The number of fused-ring (bicyclic) bond motifs is 1. The van der Waals surface area contributed by atoms with Gasteiger partial charge in [0.1, 0.15) is 11.6 Å². The number of aliphatic hydroxyl groups is 2. The van der Waals surface area contributed by atoms with Crippen LogP contribution in [0.4, 0.5) is 4.39 Å². The number of ether oxygens (including phenoxy) is 2. The standard InChI is InChI=1S/C29H40FNO6/c1-4-20-26(34)18(2)9-7-11-28(3)24(37-28)16-22(21(30)15-19-10-5-6-14-31-19)36-25(33)17-23(32)29(27(20)35)12-8-13-29/h5-6,10,14-15,18,20,22-24,26,32,34H,4,7-9,11-13,16-17H2,1-3H3/t18-,20-,22-,23-,24?,26-,28?/m0/s1. The number of pyridine rings is 1. The average Bonchev–Trinajstić information content (AvgIpc) is 3.46. The number of halogens is 1. The van der Waals surface area contributed by atoms with Crippen LogP contribution in [0.3, 0.4) is 0 Å². The first-order valence-electron chi connectivity index (χ1n) is 13.7. The largest absolute Gasteiger partial charge is 0.455 e. The average molecular weight is 518 g/mol. The lowest BCUT2D eigenvalue weighted by Crippen LogP contribution is -2.53. The van der Waals surface area contributed by atoms with Crippen LogP contribution in [0.5, 0.6) is 0 Å². The van der Waals surface area contributed by atoms with Gasteiger partial charge >= 0.3 is 5.97 Å². The Bertz CT molecular complexity index is 995. The Labute approximate surface area is 218 Å². The highest BCUT2D eigenvalue weighted by Gasteiger charge is 2.55. The van der Waals surface area contributed by atoms with Gasteiger partial charge in [0, 0.05) is 18.5 Å². The van der Waals surface area contributed by atoms with Crippen LogP contribution in [0, 0.1) is 17.3 Å². The number of nitrogens with zero attached hydrogens (tertiary/aromatic N) is 1. The van der Waals surface area contributed by atoms with Crippen LogP contribution in [-0.2, 0) is 19.1 Å². The van der Waals surface area contributed by atoms with E-state index >= 15 is 4.39 Å². The molecule has 1 saturated carbocycles. The van der Waals surface area contributed by atoms with E-state index in [2.05, 4.69) is 4.98 Å². The van der Waals surface area contributed by atoms with E-state index in [1.54, 1.807) is 24.4 Å². The van der Waals surface area contributed by atoms with Gasteiger partial charge < -0.3 is 19.7 Å². The number of esters is 1. The van der Waals surface area contributed by atoms with Crippen molar-refractivity contribution in [1.82, 2.24) is 4.98 Å². The van der Waals surface area contributed by atoms with Crippen molar-refractivity contribution in [2.75, 3.05) is 0 Å². The van der Waals surface area contributed by atoms with Crippen LogP contribution in [0.2, 0.25) is 0 Å². The highest BCUT2D eigenvalue weighted by Crippen LogP contribution is 2.49. The minimum absolute atomic E-state index is 0.103. The van der Waals surface area contributed by atoms with E-state index < -0.39 is 53.5 Å². The molecule has 7 nitrogen and oxygen atoms in total. The second kappa shape index (κ2) is 11.3. The maximum Gasteiger partial charge on any atom is 0.309 e. The second-order valence-electron chi connectivity index (χ2n) is 11.4. The monoisotopic (exact) mass is 517 g/mol. The van der Waals surface area contributed by atoms with Crippen molar-refractivity contribution in [2.45, 2.75) is 109 Å².